The van der Waals surface area contributed by atoms with Gasteiger partial charge in [-0.05, 0) is 31.5 Å². The summed E-state index contributed by atoms with van der Waals surface area (Å²) < 4.78 is 572. The third-order valence-electron chi connectivity index (χ3n) is 10.0. The van der Waals surface area contributed by atoms with Crippen LogP contribution in [0.2, 0.25) is 0 Å². The van der Waals surface area contributed by atoms with Crippen LogP contribution in [0, 0.1) is 6.92 Å². The van der Waals surface area contributed by atoms with Gasteiger partial charge in [0.15, 0.2) is 0 Å². The second-order valence-electron chi connectivity index (χ2n) is 15.3. The maximum atomic E-state index is 14.5. The molecule has 0 saturated heterocycles. The van der Waals surface area contributed by atoms with Crippen LogP contribution in [0.25, 0.3) is 0 Å². The number of isocyanates is 1. The first-order chi connectivity index (χ1) is 33.0. The molecule has 1 N–H and O–H groups in total. The van der Waals surface area contributed by atoms with Gasteiger partial charge in [0.1, 0.15) is 0 Å². The molecule has 1 aromatic rings. The zero-order valence-corrected chi connectivity index (χ0v) is 34.8. The highest BCUT2D eigenvalue weighted by Crippen LogP contribution is 2.71. The number of aryl methyl sites for hydroxylation is 1. The number of hydrogen-bond donors (Lipinski definition) is 1. The summed E-state index contributed by atoms with van der Waals surface area (Å²) in [4.78, 5) is 25.8. The smallest absolute Gasteiger partial charge is 0.349 e. The van der Waals surface area contributed by atoms with Gasteiger partial charge in [0.2, 0.25) is 6.08 Å². The molecule has 0 heterocycles. The predicted molar refractivity (Wildman–Crippen MR) is 161 cm³/mol. The molecule has 45 heteroatoms. The van der Waals surface area contributed by atoms with Gasteiger partial charge in [0, 0.05) is 12.5 Å². The lowest BCUT2D eigenvalue weighted by Crippen LogP contribution is -2.80. The Labute approximate surface area is 392 Å². The van der Waals surface area contributed by atoms with Crippen molar-refractivity contribution in [2.75, 3.05) is 0 Å². The number of amides is 1. The summed E-state index contributed by atoms with van der Waals surface area (Å²) >= 11 is 0. The van der Waals surface area contributed by atoms with Gasteiger partial charge in [-0.3, -0.25) is 4.79 Å². The van der Waals surface area contributed by atoms with Gasteiger partial charge >= 0.3 is 119 Å². The molecule has 0 radical (unpaired) electrons. The van der Waals surface area contributed by atoms with Gasteiger partial charge < -0.3 is 5.32 Å². The number of carbonyl (C=O) groups is 1. The third-order valence-corrected chi connectivity index (χ3v) is 10.0. The summed E-state index contributed by atoms with van der Waals surface area (Å²) in [6, 6.07) is -0.788. The van der Waals surface area contributed by atoms with E-state index in [1.54, 1.807) is 0 Å². The molecule has 1 amide bonds. The van der Waals surface area contributed by atoms with Crippen molar-refractivity contribution in [1.29, 1.82) is 0 Å². The van der Waals surface area contributed by atoms with Gasteiger partial charge in [-0.15, -0.1) is 0 Å². The average molecular weight is 1240 g/mol. The van der Waals surface area contributed by atoms with Gasteiger partial charge in [0.05, 0.1) is 11.3 Å². The quantitative estimate of drug-likeness (QED) is 0.0674. The van der Waals surface area contributed by atoms with Gasteiger partial charge in [-0.2, -0.15) is 185 Å². The Kier molecular flexibility index (Phi) is 17.0. The molecule has 0 spiro atoms. The van der Waals surface area contributed by atoms with E-state index in [1.807, 2.05) is 0 Å². The first-order valence-corrected chi connectivity index (χ1v) is 17.7. The number of benzene rings is 1. The number of nitrogens with zero attached hydrogens (tertiary/aromatic N) is 1. The Morgan fingerprint density at radius 1 is 0.403 bits per heavy atom. The first-order valence-electron chi connectivity index (χ1n) is 17.7. The van der Waals surface area contributed by atoms with E-state index in [9.17, 15) is 190 Å². The molecule has 0 fully saturated rings. The van der Waals surface area contributed by atoms with Crippen LogP contribution in [0.15, 0.2) is 23.2 Å². The van der Waals surface area contributed by atoms with Gasteiger partial charge in [0.25, 0.3) is 5.91 Å². The highest BCUT2D eigenvalue weighted by molar-refractivity contribution is 5.99. The van der Waals surface area contributed by atoms with Crippen LogP contribution < -0.4 is 5.32 Å². The fraction of sp³-hybridized carbons (Fsp3) is 0.750. The fourth-order valence-corrected chi connectivity index (χ4v) is 5.40. The molecule has 0 saturated carbocycles. The maximum Gasteiger partial charge on any atom is 0.460 e. The van der Waals surface area contributed by atoms with E-state index in [-0.39, 0.29) is 12.5 Å². The van der Waals surface area contributed by atoms with E-state index in [1.165, 1.54) is 6.92 Å². The number of hydrogen-bond acceptors (Lipinski definition) is 3. The van der Waals surface area contributed by atoms with Crippen LogP contribution in [-0.2, 0) is 4.79 Å². The lowest BCUT2D eigenvalue weighted by atomic mass is 9.81. The molecule has 1 rings (SSSR count). The van der Waals surface area contributed by atoms with Crippen molar-refractivity contribution in [2.45, 2.75) is 145 Å². The molecule has 450 valence electrons. The van der Waals surface area contributed by atoms with Crippen molar-refractivity contribution in [3.05, 3.63) is 29.3 Å². The maximum absolute atomic E-state index is 14.5. The number of alkyl halides is 41. The SMILES string of the molecule is Cc1ccc(C(=O)NC(C)CC(F)(F)C(F)(F)C(F)(F)C(F)(F)C(F)(F)C(F)(F)C(F)(F)C(F)(F)C(F)(F)C(F)(F)C(F)(F)C(F)(F)C(F)(F)C(F)(F)C(F)(F)C(F)(F)C(F)(F)C(F)(F)C(F)(F)C(F)(F)F)c(N=C=O)c1. The molecule has 0 aliphatic heterocycles. The Balaban J connectivity index is 4.02. The van der Waals surface area contributed by atoms with Crippen LogP contribution in [0.3, 0.4) is 0 Å². The average Bonchev–Trinajstić information content (AvgIpc) is 3.21. The van der Waals surface area contributed by atoms with Crippen LogP contribution in [-0.4, -0.2) is 137 Å². The van der Waals surface area contributed by atoms with Crippen molar-refractivity contribution >= 4 is 17.7 Å². The number of rotatable bonds is 23. The Bertz CT molecular complexity index is 2390. The topological polar surface area (TPSA) is 58.5 Å². The number of halogens is 41. The van der Waals surface area contributed by atoms with E-state index in [4.69, 9.17) is 0 Å². The minimum Gasteiger partial charge on any atom is -0.349 e. The molecular weight excluding hydrogens is 1220 g/mol. The fourth-order valence-electron chi connectivity index (χ4n) is 5.40. The minimum absolute atomic E-state index is 0.0703. The van der Waals surface area contributed by atoms with E-state index in [2.05, 4.69) is 4.99 Å². The van der Waals surface area contributed by atoms with Crippen molar-refractivity contribution in [1.82, 2.24) is 5.32 Å². The second kappa shape index (κ2) is 18.6. The standard InChI is InChI=1S/C32H13F41N2O2/c1-8-3-4-10(11(5-8)74-7-76)12(77)75-9(2)6-13(33,34)14(35,36)15(37,38)16(39,40)17(41,42)18(43,44)19(45,46)20(47,48)21(49,50)22(51,52)23(53,54)24(55,56)25(57,58)26(59,60)27(61,62)28(63,64)29(65,66)30(67,68)31(69,70)32(71,72)73/h3-5,9H,6H2,1-2H3,(H,75,77). The molecule has 0 bridgehead atoms. The highest BCUT2D eigenvalue weighted by atomic mass is 19.4. The van der Waals surface area contributed by atoms with Crippen molar-refractivity contribution in [2.24, 2.45) is 4.99 Å². The van der Waals surface area contributed by atoms with E-state index in [0.717, 1.165) is 23.5 Å². The monoisotopic (exact) mass is 1240 g/mol. The number of carbonyl (C=O) groups excluding carboxylic acids is 2. The summed E-state index contributed by atoms with van der Waals surface area (Å²) in [6.07, 6.45) is -11.2. The lowest BCUT2D eigenvalue weighted by molar-refractivity contribution is -0.495. The number of aliphatic imine (C=N–C) groups is 1. The Morgan fingerprint density at radius 3 is 0.844 bits per heavy atom. The predicted octanol–water partition coefficient (Wildman–Crippen LogP) is 15.1. The largest absolute Gasteiger partial charge is 0.460 e. The molecule has 1 unspecified atom stereocenters. The van der Waals surface area contributed by atoms with Crippen molar-refractivity contribution in [3.8, 4) is 0 Å². The van der Waals surface area contributed by atoms with E-state index >= 15 is 0 Å². The lowest BCUT2D eigenvalue weighted by Gasteiger charge is -2.47. The third kappa shape index (κ3) is 8.95. The molecule has 77 heavy (non-hydrogen) atoms. The zero-order chi connectivity index (χ0) is 62.8. The molecule has 0 aliphatic carbocycles. The van der Waals surface area contributed by atoms with E-state index < -0.39 is 148 Å². The van der Waals surface area contributed by atoms with Gasteiger partial charge in [-0.1, -0.05) is 6.07 Å². The molecule has 1 atom stereocenters. The molecule has 1 aromatic carbocycles. The Hall–Kier alpha value is -4.80. The summed E-state index contributed by atoms with van der Waals surface area (Å²) in [7, 11) is 0. The normalized spacial score (nSPS) is 16.6. The van der Waals surface area contributed by atoms with Crippen LogP contribution in [0.1, 0.15) is 29.3 Å². The van der Waals surface area contributed by atoms with E-state index in [0.29, 0.717) is 6.07 Å². The Morgan fingerprint density at radius 2 is 0.623 bits per heavy atom. The highest BCUT2D eigenvalue weighted by Gasteiger charge is 3.03. The first kappa shape index (κ1) is 70.2. The minimum atomic E-state index is -10.7. The summed E-state index contributed by atoms with van der Waals surface area (Å²) in [6.45, 7) is 1.10. The molecule has 0 aromatic heterocycles. The summed E-state index contributed by atoms with van der Waals surface area (Å²) in [5.74, 6) is -192. The second-order valence-corrected chi connectivity index (χ2v) is 15.3. The van der Waals surface area contributed by atoms with Gasteiger partial charge in [-0.25, -0.2) is 4.79 Å². The molecule has 4 nitrogen and oxygen atoms in total. The zero-order valence-electron chi connectivity index (χ0n) is 34.8. The molecular formula is C32H13F41N2O2. The summed E-state index contributed by atoms with van der Waals surface area (Å²) in [5, 5.41) is 1.11. The van der Waals surface area contributed by atoms with Crippen LogP contribution in [0.4, 0.5) is 186 Å². The summed E-state index contributed by atoms with van der Waals surface area (Å²) in [5.41, 5.74) is -1.75. The van der Waals surface area contributed by atoms with Crippen LogP contribution >= 0.6 is 0 Å². The molecule has 0 aliphatic rings. The van der Waals surface area contributed by atoms with Crippen LogP contribution in [0.5, 0.6) is 0 Å². The number of nitrogens with one attached hydrogen (secondary N) is 1. The van der Waals surface area contributed by atoms with Crippen molar-refractivity contribution < 1.29 is 190 Å². The van der Waals surface area contributed by atoms with Crippen molar-refractivity contribution in [3.63, 3.8) is 0 Å².